The summed E-state index contributed by atoms with van der Waals surface area (Å²) in [6, 6.07) is 6.99. The van der Waals surface area contributed by atoms with Gasteiger partial charge in [-0.15, -0.1) is 11.3 Å². The van der Waals surface area contributed by atoms with Crippen molar-refractivity contribution in [3.05, 3.63) is 40.5 Å². The molecular weight excluding hydrogens is 285 g/mol. The van der Waals surface area contributed by atoms with Gasteiger partial charge in [0.1, 0.15) is 16.5 Å². The maximum Gasteiger partial charge on any atom is 0.163 e. The van der Waals surface area contributed by atoms with Gasteiger partial charge in [0.25, 0.3) is 0 Å². The summed E-state index contributed by atoms with van der Waals surface area (Å²) in [5.41, 5.74) is 1.57. The summed E-state index contributed by atoms with van der Waals surface area (Å²) in [6.07, 6.45) is 0.971. The number of benzene rings is 1. The maximum absolute atomic E-state index is 13.6. The highest BCUT2D eigenvalue weighted by Gasteiger charge is 2.12. The van der Waals surface area contributed by atoms with Crippen LogP contribution in [0.1, 0.15) is 17.4 Å². The van der Waals surface area contributed by atoms with Gasteiger partial charge in [0.15, 0.2) is 5.82 Å². The van der Waals surface area contributed by atoms with E-state index in [0.29, 0.717) is 11.4 Å². The predicted molar refractivity (Wildman–Crippen MR) is 86.5 cm³/mol. The second-order valence-electron chi connectivity index (χ2n) is 4.95. The Hall–Kier alpha value is -2.01. The fourth-order valence-corrected chi connectivity index (χ4v) is 3.30. The molecule has 0 aliphatic heterocycles. The van der Waals surface area contributed by atoms with Crippen molar-refractivity contribution < 1.29 is 4.39 Å². The number of hydrogen-bond acceptors (Lipinski definition) is 4. The average Bonchev–Trinajstić information content (AvgIpc) is 2.88. The largest absolute Gasteiger partial charge is 0.372 e. The monoisotopic (exact) mass is 301 g/mol. The summed E-state index contributed by atoms with van der Waals surface area (Å²) in [4.78, 5) is 11.3. The van der Waals surface area contributed by atoms with Gasteiger partial charge in [0.05, 0.1) is 5.39 Å². The number of hydrogen-bond donors (Lipinski definition) is 1. The molecule has 0 bridgehead atoms. The fourth-order valence-electron chi connectivity index (χ4n) is 2.33. The van der Waals surface area contributed by atoms with E-state index < -0.39 is 0 Å². The Morgan fingerprint density at radius 3 is 2.67 bits per heavy atom. The number of thiophene rings is 1. The minimum absolute atomic E-state index is 0.264. The van der Waals surface area contributed by atoms with Crippen LogP contribution in [0.5, 0.6) is 0 Å². The van der Waals surface area contributed by atoms with Gasteiger partial charge in [0.2, 0.25) is 0 Å². The van der Waals surface area contributed by atoms with Gasteiger partial charge in [0, 0.05) is 17.5 Å². The molecular formula is C16H16FN3S. The van der Waals surface area contributed by atoms with Gasteiger partial charge >= 0.3 is 0 Å². The van der Waals surface area contributed by atoms with Crippen LogP contribution in [0.15, 0.2) is 24.3 Å². The maximum atomic E-state index is 13.6. The number of anilines is 1. The molecule has 2 heterocycles. The van der Waals surface area contributed by atoms with Crippen molar-refractivity contribution in [2.45, 2.75) is 20.3 Å². The second-order valence-corrected chi connectivity index (χ2v) is 6.06. The van der Waals surface area contributed by atoms with Crippen molar-refractivity contribution in [2.24, 2.45) is 0 Å². The van der Waals surface area contributed by atoms with E-state index in [9.17, 15) is 4.39 Å². The third kappa shape index (κ3) is 2.61. The Morgan fingerprint density at radius 1 is 1.19 bits per heavy atom. The molecule has 3 nitrogen and oxygen atoms in total. The molecule has 0 radical (unpaired) electrons. The Bertz CT molecular complexity index is 790. The lowest BCUT2D eigenvalue weighted by Gasteiger charge is -2.06. The molecule has 0 saturated carbocycles. The zero-order valence-electron chi connectivity index (χ0n) is 12.2. The molecule has 1 N–H and O–H groups in total. The number of nitrogens with one attached hydrogen (secondary N) is 1. The molecule has 0 amide bonds. The molecule has 21 heavy (non-hydrogen) atoms. The molecule has 0 aliphatic rings. The number of rotatable bonds is 3. The normalized spacial score (nSPS) is 11.0. The first-order valence-electron chi connectivity index (χ1n) is 6.86. The zero-order valence-corrected chi connectivity index (χ0v) is 13.0. The lowest BCUT2D eigenvalue weighted by Crippen LogP contribution is -1.97. The van der Waals surface area contributed by atoms with E-state index in [1.807, 2.05) is 20.0 Å². The van der Waals surface area contributed by atoms with Gasteiger partial charge in [-0.05, 0) is 43.2 Å². The Morgan fingerprint density at radius 2 is 2.00 bits per heavy atom. The van der Waals surface area contributed by atoms with Crippen LogP contribution in [-0.2, 0) is 6.42 Å². The molecule has 5 heteroatoms. The highest BCUT2D eigenvalue weighted by atomic mass is 32.1. The lowest BCUT2D eigenvalue weighted by molar-refractivity contribution is 0.627. The first-order valence-corrected chi connectivity index (χ1v) is 7.68. The van der Waals surface area contributed by atoms with Crippen LogP contribution in [0, 0.1) is 12.7 Å². The third-order valence-electron chi connectivity index (χ3n) is 3.33. The number of fused-ring (bicyclic) bond motifs is 1. The van der Waals surface area contributed by atoms with Crippen LogP contribution >= 0.6 is 11.3 Å². The minimum Gasteiger partial charge on any atom is -0.372 e. The summed E-state index contributed by atoms with van der Waals surface area (Å²) < 4.78 is 13.6. The van der Waals surface area contributed by atoms with E-state index in [2.05, 4.69) is 28.3 Å². The van der Waals surface area contributed by atoms with Crippen LogP contribution in [0.3, 0.4) is 0 Å². The van der Waals surface area contributed by atoms with Crippen molar-refractivity contribution in [1.82, 2.24) is 9.97 Å². The molecule has 108 valence electrons. The summed E-state index contributed by atoms with van der Waals surface area (Å²) >= 11 is 1.66. The van der Waals surface area contributed by atoms with Crippen LogP contribution in [0.25, 0.3) is 21.6 Å². The van der Waals surface area contributed by atoms with Gasteiger partial charge in [-0.3, -0.25) is 0 Å². The minimum atomic E-state index is -0.264. The summed E-state index contributed by atoms with van der Waals surface area (Å²) in [7, 11) is 1.84. The van der Waals surface area contributed by atoms with Crippen LogP contribution < -0.4 is 5.32 Å². The highest BCUT2D eigenvalue weighted by molar-refractivity contribution is 7.18. The van der Waals surface area contributed by atoms with Gasteiger partial charge in [-0.2, -0.15) is 0 Å². The SMILES string of the molecule is CCc1cc2c(NC)nc(-c3cc(C)cc(F)c3)nc2s1. The Labute approximate surface area is 126 Å². The average molecular weight is 301 g/mol. The standard InChI is InChI=1S/C16H16FN3S/c1-4-12-8-13-15(18-3)19-14(20-16(13)21-12)10-5-9(2)6-11(17)7-10/h5-8H,4H2,1-3H3,(H,18,19,20). The smallest absolute Gasteiger partial charge is 0.163 e. The van der Waals surface area contributed by atoms with E-state index in [1.165, 1.54) is 17.0 Å². The zero-order chi connectivity index (χ0) is 15.0. The molecule has 0 spiro atoms. The first-order chi connectivity index (χ1) is 10.1. The molecule has 0 unspecified atom stereocenters. The molecule has 0 atom stereocenters. The van der Waals surface area contributed by atoms with Crippen molar-refractivity contribution in [3.8, 4) is 11.4 Å². The molecule has 0 aliphatic carbocycles. The van der Waals surface area contributed by atoms with Gasteiger partial charge in [-0.1, -0.05) is 6.92 Å². The van der Waals surface area contributed by atoms with Crippen molar-refractivity contribution in [2.75, 3.05) is 12.4 Å². The molecule has 2 aromatic heterocycles. The first kappa shape index (κ1) is 13.9. The van der Waals surface area contributed by atoms with Crippen LogP contribution in [-0.4, -0.2) is 17.0 Å². The van der Waals surface area contributed by atoms with E-state index >= 15 is 0 Å². The van der Waals surface area contributed by atoms with E-state index in [0.717, 1.165) is 28.0 Å². The summed E-state index contributed by atoms with van der Waals surface area (Å²) in [5, 5.41) is 4.13. The van der Waals surface area contributed by atoms with E-state index in [1.54, 1.807) is 11.3 Å². The van der Waals surface area contributed by atoms with E-state index in [4.69, 9.17) is 0 Å². The summed E-state index contributed by atoms with van der Waals surface area (Å²) in [6.45, 7) is 3.98. The fraction of sp³-hybridized carbons (Fsp3) is 0.250. The molecule has 0 fully saturated rings. The molecule has 0 saturated heterocycles. The number of aromatic nitrogens is 2. The quantitative estimate of drug-likeness (QED) is 0.778. The number of halogens is 1. The van der Waals surface area contributed by atoms with Crippen molar-refractivity contribution >= 4 is 27.4 Å². The number of aryl methyl sites for hydroxylation is 2. The predicted octanol–water partition coefficient (Wildman–Crippen LogP) is 4.41. The Kier molecular flexibility index (Phi) is 3.59. The third-order valence-corrected chi connectivity index (χ3v) is 4.50. The highest BCUT2D eigenvalue weighted by Crippen LogP contribution is 2.31. The molecule has 3 aromatic rings. The molecule has 1 aromatic carbocycles. The van der Waals surface area contributed by atoms with Crippen LogP contribution in [0.2, 0.25) is 0 Å². The van der Waals surface area contributed by atoms with Crippen molar-refractivity contribution in [3.63, 3.8) is 0 Å². The Balaban J connectivity index is 2.22. The second kappa shape index (κ2) is 5.41. The van der Waals surface area contributed by atoms with E-state index in [-0.39, 0.29) is 5.82 Å². The van der Waals surface area contributed by atoms with Gasteiger partial charge in [-0.25, -0.2) is 14.4 Å². The van der Waals surface area contributed by atoms with Gasteiger partial charge < -0.3 is 5.32 Å². The van der Waals surface area contributed by atoms with Crippen molar-refractivity contribution in [1.29, 1.82) is 0 Å². The summed E-state index contributed by atoms with van der Waals surface area (Å²) in [5.74, 6) is 1.08. The number of nitrogens with zero attached hydrogens (tertiary/aromatic N) is 2. The molecule has 3 rings (SSSR count). The van der Waals surface area contributed by atoms with Crippen LogP contribution in [0.4, 0.5) is 10.2 Å². The topological polar surface area (TPSA) is 37.8 Å². The lowest BCUT2D eigenvalue weighted by atomic mass is 10.1.